The highest BCUT2D eigenvalue weighted by atomic mass is 32.2. The van der Waals surface area contributed by atoms with Crippen molar-refractivity contribution in [1.29, 1.82) is 0 Å². The average Bonchev–Trinajstić information content (AvgIpc) is 2.89. The Morgan fingerprint density at radius 2 is 1.79 bits per heavy atom. The molecule has 3 aliphatic rings. The zero-order chi connectivity index (χ0) is 16.8. The van der Waals surface area contributed by atoms with Crippen LogP contribution in [0.1, 0.15) is 50.5 Å². The van der Waals surface area contributed by atoms with Gasteiger partial charge >= 0.3 is 0 Å². The van der Waals surface area contributed by atoms with E-state index < -0.39 is 20.9 Å². The number of rotatable bonds is 2. The van der Waals surface area contributed by atoms with Crippen molar-refractivity contribution < 1.29 is 17.9 Å². The highest BCUT2D eigenvalue weighted by Gasteiger charge is 2.61. The van der Waals surface area contributed by atoms with E-state index in [4.69, 9.17) is 9.47 Å². The monoisotopic (exact) mass is 350 g/mol. The highest BCUT2D eigenvalue weighted by molar-refractivity contribution is 7.92. The number of aryl methyl sites for hydroxylation is 1. The van der Waals surface area contributed by atoms with E-state index in [-0.39, 0.29) is 12.0 Å². The van der Waals surface area contributed by atoms with Crippen molar-refractivity contribution in [3.63, 3.8) is 0 Å². The van der Waals surface area contributed by atoms with Gasteiger partial charge in [-0.05, 0) is 44.7 Å². The predicted octanol–water partition coefficient (Wildman–Crippen LogP) is 3.62. The molecule has 4 rings (SSSR count). The molecule has 0 amide bonds. The van der Waals surface area contributed by atoms with Gasteiger partial charge in [0.25, 0.3) is 0 Å². The fourth-order valence-electron chi connectivity index (χ4n) is 4.72. The Labute approximate surface area is 144 Å². The van der Waals surface area contributed by atoms with Gasteiger partial charge in [-0.2, -0.15) is 0 Å². The molecule has 4 nitrogen and oxygen atoms in total. The highest BCUT2D eigenvalue weighted by Crippen LogP contribution is 2.51. The Kier molecular flexibility index (Phi) is 4.22. The van der Waals surface area contributed by atoms with Crippen molar-refractivity contribution in [1.82, 2.24) is 0 Å². The molecule has 1 aliphatic carbocycles. The maximum absolute atomic E-state index is 13.5. The summed E-state index contributed by atoms with van der Waals surface area (Å²) in [7, 11) is -3.48. The summed E-state index contributed by atoms with van der Waals surface area (Å²) >= 11 is 0. The van der Waals surface area contributed by atoms with Gasteiger partial charge in [-0.25, -0.2) is 8.42 Å². The third-order valence-corrected chi connectivity index (χ3v) is 8.18. The van der Waals surface area contributed by atoms with Gasteiger partial charge < -0.3 is 9.47 Å². The zero-order valence-electron chi connectivity index (χ0n) is 14.2. The van der Waals surface area contributed by atoms with Crippen molar-refractivity contribution in [2.75, 3.05) is 6.61 Å². The van der Waals surface area contributed by atoms with Gasteiger partial charge in [0.15, 0.2) is 15.6 Å². The van der Waals surface area contributed by atoms with Crippen LogP contribution >= 0.6 is 0 Å². The lowest BCUT2D eigenvalue weighted by molar-refractivity contribution is -0.244. The maximum atomic E-state index is 13.5. The number of fused-ring (bicyclic) bond motifs is 1. The molecule has 0 bridgehead atoms. The zero-order valence-corrected chi connectivity index (χ0v) is 15.1. The first-order valence-corrected chi connectivity index (χ1v) is 10.7. The van der Waals surface area contributed by atoms with E-state index in [9.17, 15) is 8.42 Å². The van der Waals surface area contributed by atoms with Crippen LogP contribution in [0.25, 0.3) is 0 Å². The lowest BCUT2D eigenvalue weighted by atomic mass is 9.83. The van der Waals surface area contributed by atoms with E-state index in [1.165, 1.54) is 0 Å². The van der Waals surface area contributed by atoms with Crippen LogP contribution < -0.4 is 0 Å². The molecule has 5 heteroatoms. The first-order valence-electron chi connectivity index (χ1n) is 9.15. The molecule has 1 aromatic carbocycles. The molecule has 0 radical (unpaired) electrons. The van der Waals surface area contributed by atoms with E-state index in [1.807, 2.05) is 19.1 Å². The summed E-state index contributed by atoms with van der Waals surface area (Å²) in [6.45, 7) is 2.57. The van der Waals surface area contributed by atoms with Crippen LogP contribution in [0.5, 0.6) is 0 Å². The Morgan fingerprint density at radius 3 is 2.50 bits per heavy atom. The van der Waals surface area contributed by atoms with Gasteiger partial charge in [-0.15, -0.1) is 0 Å². The predicted molar refractivity (Wildman–Crippen MR) is 91.5 cm³/mol. The average molecular weight is 350 g/mol. The number of hydrogen-bond donors (Lipinski definition) is 0. The molecular formula is C19H26O4S. The van der Waals surface area contributed by atoms with Crippen molar-refractivity contribution in [3.05, 3.63) is 29.8 Å². The van der Waals surface area contributed by atoms with Gasteiger partial charge in [-0.3, -0.25) is 0 Å². The van der Waals surface area contributed by atoms with Crippen LogP contribution in [0, 0.1) is 12.8 Å². The Morgan fingerprint density at radius 1 is 1.04 bits per heavy atom. The van der Waals surface area contributed by atoms with Crippen LogP contribution in [0.2, 0.25) is 0 Å². The smallest absolute Gasteiger partial charge is 0.186 e. The molecule has 1 aromatic rings. The Balaban J connectivity index is 1.77. The second-order valence-electron chi connectivity index (χ2n) is 7.50. The van der Waals surface area contributed by atoms with E-state index in [1.54, 1.807) is 12.1 Å². The molecular weight excluding hydrogens is 324 g/mol. The molecule has 2 aliphatic heterocycles. The van der Waals surface area contributed by atoms with Crippen molar-refractivity contribution >= 4 is 9.84 Å². The minimum Gasteiger partial charge on any atom is -0.349 e. The van der Waals surface area contributed by atoms with E-state index in [2.05, 4.69) is 0 Å². The molecule has 3 fully saturated rings. The fourth-order valence-corrected chi connectivity index (χ4v) is 7.01. The van der Waals surface area contributed by atoms with Crippen LogP contribution in [-0.4, -0.2) is 32.2 Å². The van der Waals surface area contributed by atoms with Crippen LogP contribution in [-0.2, 0) is 19.3 Å². The topological polar surface area (TPSA) is 52.6 Å². The number of ether oxygens (including phenoxy) is 2. The quantitative estimate of drug-likeness (QED) is 0.817. The largest absolute Gasteiger partial charge is 0.349 e. The standard InChI is InChI=1S/C19H26O4S/c1-14-8-10-15(11-9-14)24(20,21)18-16-6-2-3-7-17(16)23-19(18)12-4-5-13-22-19/h8-11,16-18H,2-7,12-13H2,1H3/t16-,17-,18+,19-/m0/s1. The second kappa shape index (κ2) is 6.11. The SMILES string of the molecule is Cc1ccc(S(=O)(=O)[C@@H]2[C@H]3CCCC[C@@H]3O[C@@]23CCCCO3)cc1. The Hall–Kier alpha value is -0.910. The molecule has 4 atom stereocenters. The molecule has 2 saturated heterocycles. The first kappa shape index (κ1) is 16.6. The minimum atomic E-state index is -3.48. The molecule has 0 aromatic heterocycles. The molecule has 0 unspecified atom stereocenters. The lowest BCUT2D eigenvalue weighted by Crippen LogP contribution is -2.50. The number of hydrogen-bond acceptors (Lipinski definition) is 4. The second-order valence-corrected chi connectivity index (χ2v) is 9.57. The van der Waals surface area contributed by atoms with Crippen molar-refractivity contribution in [2.45, 2.75) is 73.9 Å². The van der Waals surface area contributed by atoms with Crippen LogP contribution in [0.4, 0.5) is 0 Å². The third-order valence-electron chi connectivity index (χ3n) is 5.88. The van der Waals surface area contributed by atoms with Crippen molar-refractivity contribution in [2.24, 2.45) is 5.92 Å². The summed E-state index contributed by atoms with van der Waals surface area (Å²) in [5.41, 5.74) is 1.07. The van der Waals surface area contributed by atoms with Crippen LogP contribution in [0.3, 0.4) is 0 Å². The van der Waals surface area contributed by atoms with Crippen LogP contribution in [0.15, 0.2) is 29.2 Å². The normalized spacial score (nSPS) is 36.6. The van der Waals surface area contributed by atoms with Gasteiger partial charge in [-0.1, -0.05) is 30.5 Å². The Bertz CT molecular complexity index is 689. The fraction of sp³-hybridized carbons (Fsp3) is 0.684. The van der Waals surface area contributed by atoms with Gasteiger partial charge in [0.05, 0.1) is 17.6 Å². The summed E-state index contributed by atoms with van der Waals surface area (Å²) in [4.78, 5) is 0.404. The van der Waals surface area contributed by atoms with E-state index >= 15 is 0 Å². The summed E-state index contributed by atoms with van der Waals surface area (Å²) in [5, 5.41) is -0.571. The molecule has 2 heterocycles. The van der Waals surface area contributed by atoms with Gasteiger partial charge in [0, 0.05) is 12.3 Å². The molecule has 24 heavy (non-hydrogen) atoms. The summed E-state index contributed by atoms with van der Waals surface area (Å²) in [6.07, 6.45) is 6.76. The molecule has 0 N–H and O–H groups in total. The van der Waals surface area contributed by atoms with Gasteiger partial charge in [0.1, 0.15) is 5.25 Å². The van der Waals surface area contributed by atoms with Crippen molar-refractivity contribution in [3.8, 4) is 0 Å². The number of benzene rings is 1. The lowest BCUT2D eigenvalue weighted by Gasteiger charge is -2.38. The number of sulfone groups is 1. The first-order chi connectivity index (χ1) is 11.5. The van der Waals surface area contributed by atoms with E-state index in [0.717, 1.165) is 44.1 Å². The molecule has 132 valence electrons. The van der Waals surface area contributed by atoms with E-state index in [0.29, 0.717) is 17.9 Å². The summed E-state index contributed by atoms with van der Waals surface area (Å²) in [5.74, 6) is -0.870. The minimum absolute atomic E-state index is 0.0297. The third kappa shape index (κ3) is 2.61. The molecule has 1 spiro atoms. The summed E-state index contributed by atoms with van der Waals surface area (Å²) in [6, 6.07) is 7.21. The van der Waals surface area contributed by atoms with Gasteiger partial charge in [0.2, 0.25) is 0 Å². The summed E-state index contributed by atoms with van der Waals surface area (Å²) < 4.78 is 39.4. The molecule has 1 saturated carbocycles. The maximum Gasteiger partial charge on any atom is 0.186 e.